The third-order valence-electron chi connectivity index (χ3n) is 3.45. The lowest BCUT2D eigenvalue weighted by Gasteiger charge is -2.48. The van der Waals surface area contributed by atoms with E-state index in [9.17, 15) is 9.59 Å². The monoisotopic (exact) mass is 258 g/mol. The molecule has 1 rings (SSSR count). The molecule has 1 aliphatic heterocycles. The molecular weight excluding hydrogens is 236 g/mol. The van der Waals surface area contributed by atoms with Gasteiger partial charge < -0.3 is 20.5 Å². The van der Waals surface area contributed by atoms with E-state index in [-0.39, 0.29) is 18.4 Å². The van der Waals surface area contributed by atoms with Gasteiger partial charge in [0.1, 0.15) is 12.2 Å². The molecule has 3 N–H and O–H groups in total. The molecule has 0 aromatic heterocycles. The number of nitrogens with two attached hydrogens (primary N) is 1. The second-order valence-corrected chi connectivity index (χ2v) is 5.24. The molecule has 1 aliphatic rings. The normalized spacial score (nSPS) is 21.0. The number of aliphatic carboxylic acids is 1. The van der Waals surface area contributed by atoms with E-state index >= 15 is 0 Å². The maximum atomic E-state index is 12.0. The number of hydrogen-bond acceptors (Lipinski definition) is 4. The summed E-state index contributed by atoms with van der Waals surface area (Å²) in [7, 11) is 0. The lowest BCUT2D eigenvalue weighted by molar-refractivity contribution is -0.174. The van der Waals surface area contributed by atoms with Crippen LogP contribution < -0.4 is 5.73 Å². The molecule has 0 unspecified atom stereocenters. The van der Waals surface area contributed by atoms with Gasteiger partial charge in [-0.3, -0.25) is 4.79 Å². The second-order valence-electron chi connectivity index (χ2n) is 5.24. The van der Waals surface area contributed by atoms with E-state index in [1.165, 1.54) is 0 Å². The summed E-state index contributed by atoms with van der Waals surface area (Å²) in [6, 6.07) is -0.487. The maximum absolute atomic E-state index is 12.0. The molecule has 6 heteroatoms. The lowest BCUT2D eigenvalue weighted by Crippen LogP contribution is -2.66. The zero-order valence-corrected chi connectivity index (χ0v) is 11.2. The number of ether oxygens (including phenoxy) is 1. The fourth-order valence-electron chi connectivity index (χ4n) is 1.95. The first-order valence-corrected chi connectivity index (χ1v) is 6.19. The van der Waals surface area contributed by atoms with Crippen LogP contribution in [0.15, 0.2) is 0 Å². The number of likely N-dealkylation sites (tertiary alicyclic amines) is 1. The Bertz CT molecular complexity index is 326. The summed E-state index contributed by atoms with van der Waals surface area (Å²) in [5, 5.41) is 8.54. The highest BCUT2D eigenvalue weighted by Gasteiger charge is 2.44. The standard InChI is InChI=1S/C12H22N2O4/c1-4-8(2)10(13)11(17)14-6-12(3,7-14)18-5-9(15)16/h8,10H,4-7,13H2,1-3H3,(H,15,16)/t8-,10-/m0/s1. The first-order chi connectivity index (χ1) is 8.29. The minimum absolute atomic E-state index is 0.0826. The van der Waals surface area contributed by atoms with Gasteiger partial charge in [-0.1, -0.05) is 20.3 Å². The van der Waals surface area contributed by atoms with Crippen molar-refractivity contribution in [3.63, 3.8) is 0 Å². The maximum Gasteiger partial charge on any atom is 0.329 e. The van der Waals surface area contributed by atoms with Crippen LogP contribution >= 0.6 is 0 Å². The molecular formula is C12H22N2O4. The third kappa shape index (κ3) is 3.43. The molecule has 18 heavy (non-hydrogen) atoms. The van der Waals surface area contributed by atoms with Crippen LogP contribution in [0, 0.1) is 5.92 Å². The van der Waals surface area contributed by atoms with Crippen molar-refractivity contribution in [3.05, 3.63) is 0 Å². The number of carboxylic acid groups (broad SMARTS) is 1. The summed E-state index contributed by atoms with van der Waals surface area (Å²) in [6.45, 7) is 6.22. The van der Waals surface area contributed by atoms with E-state index in [0.717, 1.165) is 6.42 Å². The Kier molecular flexibility index (Phi) is 4.70. The topological polar surface area (TPSA) is 92.9 Å². The van der Waals surface area contributed by atoms with E-state index in [1.54, 1.807) is 11.8 Å². The SMILES string of the molecule is CC[C@H](C)[C@H](N)C(=O)N1CC(C)(OCC(=O)O)C1. The van der Waals surface area contributed by atoms with Gasteiger partial charge in [0.25, 0.3) is 0 Å². The molecule has 1 amide bonds. The average molecular weight is 258 g/mol. The third-order valence-corrected chi connectivity index (χ3v) is 3.45. The molecule has 1 saturated heterocycles. The molecule has 2 atom stereocenters. The fourth-order valence-corrected chi connectivity index (χ4v) is 1.95. The van der Waals surface area contributed by atoms with Crippen LogP contribution in [0.5, 0.6) is 0 Å². The largest absolute Gasteiger partial charge is 0.480 e. The van der Waals surface area contributed by atoms with Crippen molar-refractivity contribution in [2.24, 2.45) is 11.7 Å². The van der Waals surface area contributed by atoms with Crippen molar-refractivity contribution in [1.29, 1.82) is 0 Å². The number of carboxylic acids is 1. The molecule has 0 saturated carbocycles. The number of rotatable bonds is 6. The summed E-state index contributed by atoms with van der Waals surface area (Å²) in [4.78, 5) is 24.0. The van der Waals surface area contributed by atoms with Crippen molar-refractivity contribution in [2.45, 2.75) is 38.8 Å². The Morgan fingerprint density at radius 3 is 2.50 bits per heavy atom. The van der Waals surface area contributed by atoms with Gasteiger partial charge in [0.05, 0.1) is 19.1 Å². The first-order valence-electron chi connectivity index (χ1n) is 6.19. The molecule has 6 nitrogen and oxygen atoms in total. The molecule has 1 heterocycles. The summed E-state index contributed by atoms with van der Waals surface area (Å²) in [6.07, 6.45) is 0.855. The van der Waals surface area contributed by atoms with Gasteiger partial charge in [-0.15, -0.1) is 0 Å². The van der Waals surface area contributed by atoms with Gasteiger partial charge >= 0.3 is 5.97 Å². The van der Waals surface area contributed by atoms with Crippen LogP contribution in [0.25, 0.3) is 0 Å². The second kappa shape index (κ2) is 5.67. The molecule has 1 fully saturated rings. The van der Waals surface area contributed by atoms with Crippen LogP contribution in [0.1, 0.15) is 27.2 Å². The van der Waals surface area contributed by atoms with Crippen LogP contribution in [-0.2, 0) is 14.3 Å². The van der Waals surface area contributed by atoms with E-state index < -0.39 is 17.6 Å². The predicted octanol–water partition coefficient (Wildman–Crippen LogP) is 0.0619. The number of nitrogens with zero attached hydrogens (tertiary/aromatic N) is 1. The van der Waals surface area contributed by atoms with Crippen LogP contribution in [0.2, 0.25) is 0 Å². The van der Waals surface area contributed by atoms with Gasteiger partial charge in [-0.2, -0.15) is 0 Å². The Labute approximate surface area is 107 Å². The van der Waals surface area contributed by atoms with Gasteiger partial charge in [0, 0.05) is 0 Å². The number of amides is 1. The van der Waals surface area contributed by atoms with Crippen molar-refractivity contribution in [1.82, 2.24) is 4.90 Å². The van der Waals surface area contributed by atoms with Crippen molar-refractivity contribution in [3.8, 4) is 0 Å². The fraction of sp³-hybridized carbons (Fsp3) is 0.833. The van der Waals surface area contributed by atoms with Crippen LogP contribution in [0.3, 0.4) is 0 Å². The highest BCUT2D eigenvalue weighted by atomic mass is 16.5. The van der Waals surface area contributed by atoms with E-state index in [0.29, 0.717) is 13.1 Å². The van der Waals surface area contributed by atoms with Gasteiger partial charge in [0.2, 0.25) is 5.91 Å². The average Bonchev–Trinajstić information content (AvgIpc) is 2.30. The highest BCUT2D eigenvalue weighted by molar-refractivity contribution is 5.83. The summed E-state index contributed by atoms with van der Waals surface area (Å²) in [5.74, 6) is -0.942. The highest BCUT2D eigenvalue weighted by Crippen LogP contribution is 2.26. The van der Waals surface area contributed by atoms with E-state index in [2.05, 4.69) is 0 Å². The number of carbonyl (C=O) groups excluding carboxylic acids is 1. The van der Waals surface area contributed by atoms with Gasteiger partial charge in [0.15, 0.2) is 0 Å². The summed E-state index contributed by atoms with van der Waals surface area (Å²) < 4.78 is 5.24. The minimum atomic E-state index is -1.00. The number of hydrogen-bond donors (Lipinski definition) is 2. The zero-order chi connectivity index (χ0) is 13.9. The molecule has 0 aromatic carbocycles. The Morgan fingerprint density at radius 2 is 2.06 bits per heavy atom. The Balaban J connectivity index is 2.41. The predicted molar refractivity (Wildman–Crippen MR) is 66.0 cm³/mol. The quantitative estimate of drug-likeness (QED) is 0.703. The summed E-state index contributed by atoms with van der Waals surface area (Å²) in [5.41, 5.74) is 5.31. The van der Waals surface area contributed by atoms with Gasteiger partial charge in [-0.25, -0.2) is 4.79 Å². The number of carbonyl (C=O) groups is 2. The molecule has 0 aliphatic carbocycles. The van der Waals surface area contributed by atoms with Crippen molar-refractivity contribution in [2.75, 3.05) is 19.7 Å². The molecule has 0 radical (unpaired) electrons. The van der Waals surface area contributed by atoms with Crippen molar-refractivity contribution < 1.29 is 19.4 Å². The first kappa shape index (κ1) is 14.9. The molecule has 0 aromatic rings. The molecule has 0 spiro atoms. The van der Waals surface area contributed by atoms with Gasteiger partial charge in [-0.05, 0) is 12.8 Å². The minimum Gasteiger partial charge on any atom is -0.480 e. The Hall–Kier alpha value is -1.14. The van der Waals surface area contributed by atoms with E-state index in [4.69, 9.17) is 15.6 Å². The molecule has 104 valence electrons. The zero-order valence-electron chi connectivity index (χ0n) is 11.2. The summed E-state index contributed by atoms with van der Waals surface area (Å²) >= 11 is 0. The van der Waals surface area contributed by atoms with Crippen LogP contribution in [-0.4, -0.2) is 53.2 Å². The van der Waals surface area contributed by atoms with E-state index in [1.807, 2.05) is 13.8 Å². The van der Waals surface area contributed by atoms with Crippen LogP contribution in [0.4, 0.5) is 0 Å². The lowest BCUT2D eigenvalue weighted by atomic mass is 9.92. The smallest absolute Gasteiger partial charge is 0.329 e. The molecule has 0 bridgehead atoms. The Morgan fingerprint density at radius 1 is 1.50 bits per heavy atom. The van der Waals surface area contributed by atoms with Crippen molar-refractivity contribution >= 4 is 11.9 Å².